The molecule has 1 aliphatic heterocycles. The molecule has 118 valence electrons. The van der Waals surface area contributed by atoms with Gasteiger partial charge in [-0.25, -0.2) is 4.98 Å². The average molecular weight is 312 g/mol. The first-order chi connectivity index (χ1) is 11.1. The van der Waals surface area contributed by atoms with Crippen molar-refractivity contribution in [2.75, 3.05) is 25.0 Å². The van der Waals surface area contributed by atoms with Crippen LogP contribution >= 0.6 is 0 Å². The summed E-state index contributed by atoms with van der Waals surface area (Å²) in [7, 11) is 3.66. The number of aromatic nitrogens is 6. The average Bonchev–Trinajstić information content (AvgIpc) is 3.13. The van der Waals surface area contributed by atoms with Gasteiger partial charge in [-0.1, -0.05) is 0 Å². The number of amides is 1. The Morgan fingerprint density at radius 1 is 1.30 bits per heavy atom. The predicted octanol–water partition coefficient (Wildman–Crippen LogP) is -0.181. The van der Waals surface area contributed by atoms with E-state index in [0.717, 1.165) is 18.9 Å². The number of fused-ring (bicyclic) bond motifs is 1. The van der Waals surface area contributed by atoms with Gasteiger partial charge in [0.15, 0.2) is 5.65 Å². The van der Waals surface area contributed by atoms with Gasteiger partial charge in [0, 0.05) is 33.4 Å². The molecule has 3 aromatic rings. The number of anilines is 1. The van der Waals surface area contributed by atoms with Crippen LogP contribution in [0.5, 0.6) is 0 Å². The van der Waals surface area contributed by atoms with E-state index in [0.29, 0.717) is 11.3 Å². The molecule has 4 heterocycles. The highest BCUT2D eigenvalue weighted by Crippen LogP contribution is 2.22. The van der Waals surface area contributed by atoms with Gasteiger partial charge in [0.1, 0.15) is 17.8 Å². The molecule has 23 heavy (non-hydrogen) atoms. The second kappa shape index (κ2) is 5.04. The molecule has 3 aromatic heterocycles. The minimum absolute atomic E-state index is 0.0579. The second-order valence-corrected chi connectivity index (χ2v) is 5.72. The molecular formula is C14H16N8O. The van der Waals surface area contributed by atoms with E-state index in [2.05, 4.69) is 25.2 Å². The SMILES string of the molecule is CN(C(=O)c1cn(C)cn1)C1CN(c2ccc3nncn3n2)C1. The summed E-state index contributed by atoms with van der Waals surface area (Å²) in [5, 5.41) is 12.2. The summed E-state index contributed by atoms with van der Waals surface area (Å²) in [4.78, 5) is 20.3. The molecule has 1 fully saturated rings. The maximum Gasteiger partial charge on any atom is 0.274 e. The maximum atomic E-state index is 12.4. The third-order valence-corrected chi connectivity index (χ3v) is 4.13. The monoisotopic (exact) mass is 312 g/mol. The molecule has 4 rings (SSSR count). The highest BCUT2D eigenvalue weighted by molar-refractivity contribution is 5.92. The number of carbonyl (C=O) groups is 1. The summed E-state index contributed by atoms with van der Waals surface area (Å²) in [5.74, 6) is 0.796. The van der Waals surface area contributed by atoms with Gasteiger partial charge < -0.3 is 14.4 Å². The third-order valence-electron chi connectivity index (χ3n) is 4.13. The van der Waals surface area contributed by atoms with Gasteiger partial charge in [-0.05, 0) is 12.1 Å². The van der Waals surface area contributed by atoms with Crippen molar-refractivity contribution in [3.63, 3.8) is 0 Å². The number of rotatable bonds is 3. The summed E-state index contributed by atoms with van der Waals surface area (Å²) in [5.41, 5.74) is 1.19. The lowest BCUT2D eigenvalue weighted by molar-refractivity contribution is 0.0699. The van der Waals surface area contributed by atoms with E-state index in [9.17, 15) is 4.79 Å². The van der Waals surface area contributed by atoms with E-state index in [1.807, 2.05) is 26.2 Å². The van der Waals surface area contributed by atoms with Crippen LogP contribution in [-0.4, -0.2) is 66.3 Å². The molecule has 0 spiro atoms. The normalized spacial score (nSPS) is 15.0. The van der Waals surface area contributed by atoms with Crippen LogP contribution < -0.4 is 4.90 Å². The molecule has 0 radical (unpaired) electrons. The zero-order valence-electron chi connectivity index (χ0n) is 12.9. The molecule has 1 amide bonds. The van der Waals surface area contributed by atoms with Crippen molar-refractivity contribution in [3.8, 4) is 0 Å². The highest BCUT2D eigenvalue weighted by atomic mass is 16.2. The maximum absolute atomic E-state index is 12.4. The number of imidazole rings is 1. The number of likely N-dealkylation sites (N-methyl/N-ethyl adjacent to an activating group) is 1. The molecule has 0 aliphatic carbocycles. The van der Waals surface area contributed by atoms with E-state index in [1.54, 1.807) is 32.8 Å². The fraction of sp³-hybridized carbons (Fsp3) is 0.357. The number of nitrogens with zero attached hydrogens (tertiary/aromatic N) is 8. The molecule has 0 bridgehead atoms. The Morgan fingerprint density at radius 3 is 2.87 bits per heavy atom. The van der Waals surface area contributed by atoms with Crippen molar-refractivity contribution in [2.45, 2.75) is 6.04 Å². The molecule has 0 saturated carbocycles. The zero-order chi connectivity index (χ0) is 16.0. The van der Waals surface area contributed by atoms with Crippen molar-refractivity contribution in [2.24, 2.45) is 7.05 Å². The predicted molar refractivity (Wildman–Crippen MR) is 82.1 cm³/mol. The first-order valence-corrected chi connectivity index (χ1v) is 7.29. The summed E-state index contributed by atoms with van der Waals surface area (Å²) in [6.07, 6.45) is 4.94. The summed E-state index contributed by atoms with van der Waals surface area (Å²) >= 11 is 0. The number of aryl methyl sites for hydroxylation is 1. The van der Waals surface area contributed by atoms with E-state index >= 15 is 0 Å². The summed E-state index contributed by atoms with van der Waals surface area (Å²) in [6, 6.07) is 3.95. The summed E-state index contributed by atoms with van der Waals surface area (Å²) in [6.45, 7) is 1.49. The molecular weight excluding hydrogens is 296 g/mol. The van der Waals surface area contributed by atoms with Crippen molar-refractivity contribution >= 4 is 17.4 Å². The highest BCUT2D eigenvalue weighted by Gasteiger charge is 2.34. The van der Waals surface area contributed by atoms with Crippen LogP contribution in [0.25, 0.3) is 5.65 Å². The van der Waals surface area contributed by atoms with E-state index in [4.69, 9.17) is 0 Å². The number of hydrogen-bond donors (Lipinski definition) is 0. The van der Waals surface area contributed by atoms with Crippen molar-refractivity contribution in [3.05, 3.63) is 36.7 Å². The van der Waals surface area contributed by atoms with Gasteiger partial charge in [0.25, 0.3) is 5.91 Å². The molecule has 9 nitrogen and oxygen atoms in total. The van der Waals surface area contributed by atoms with Crippen molar-refractivity contribution < 1.29 is 4.79 Å². The van der Waals surface area contributed by atoms with E-state index in [-0.39, 0.29) is 11.9 Å². The Bertz CT molecular complexity index is 862. The van der Waals surface area contributed by atoms with Crippen LogP contribution in [0.3, 0.4) is 0 Å². The lowest BCUT2D eigenvalue weighted by Gasteiger charge is -2.44. The Hall–Kier alpha value is -2.97. The fourth-order valence-corrected chi connectivity index (χ4v) is 2.64. The molecule has 1 aliphatic rings. The van der Waals surface area contributed by atoms with Gasteiger partial charge in [-0.2, -0.15) is 4.52 Å². The quantitative estimate of drug-likeness (QED) is 0.667. The lowest BCUT2D eigenvalue weighted by atomic mass is 10.1. The topological polar surface area (TPSA) is 84.5 Å². The lowest BCUT2D eigenvalue weighted by Crippen LogP contribution is -2.60. The molecule has 0 aromatic carbocycles. The summed E-state index contributed by atoms with van der Waals surface area (Å²) < 4.78 is 3.41. The minimum Gasteiger partial charge on any atom is -0.351 e. The van der Waals surface area contributed by atoms with Crippen LogP contribution in [0.1, 0.15) is 10.5 Å². The Balaban J connectivity index is 1.43. The minimum atomic E-state index is -0.0579. The van der Waals surface area contributed by atoms with E-state index < -0.39 is 0 Å². The first-order valence-electron chi connectivity index (χ1n) is 7.29. The Kier molecular flexibility index (Phi) is 3.00. The van der Waals surface area contributed by atoms with Gasteiger partial charge in [0.2, 0.25) is 0 Å². The number of hydrogen-bond acceptors (Lipinski definition) is 6. The standard InChI is InChI=1S/C14H16N8O/c1-19-7-11(15-8-19)14(23)20(2)10-5-21(6-10)13-4-3-12-17-16-9-22(12)18-13/h3-4,7-10H,5-6H2,1-2H3. The van der Waals surface area contributed by atoms with Gasteiger partial charge in [-0.15, -0.1) is 15.3 Å². The third kappa shape index (κ3) is 2.30. The van der Waals surface area contributed by atoms with Crippen LogP contribution in [0.2, 0.25) is 0 Å². The zero-order valence-corrected chi connectivity index (χ0v) is 12.9. The van der Waals surface area contributed by atoms with Gasteiger partial charge >= 0.3 is 0 Å². The molecule has 9 heteroatoms. The fourth-order valence-electron chi connectivity index (χ4n) is 2.64. The van der Waals surface area contributed by atoms with Crippen LogP contribution in [0.15, 0.2) is 31.0 Å². The van der Waals surface area contributed by atoms with Crippen LogP contribution in [0, 0.1) is 0 Å². The number of carbonyl (C=O) groups excluding carboxylic acids is 1. The smallest absolute Gasteiger partial charge is 0.274 e. The Morgan fingerprint density at radius 2 is 2.13 bits per heavy atom. The first kappa shape index (κ1) is 13.7. The van der Waals surface area contributed by atoms with Crippen molar-refractivity contribution in [1.29, 1.82) is 0 Å². The second-order valence-electron chi connectivity index (χ2n) is 5.72. The van der Waals surface area contributed by atoms with Gasteiger partial charge in [-0.3, -0.25) is 4.79 Å². The van der Waals surface area contributed by atoms with Crippen molar-refractivity contribution in [1.82, 2.24) is 34.3 Å². The molecule has 1 saturated heterocycles. The molecule has 0 unspecified atom stereocenters. The Labute approximate surface area is 132 Å². The van der Waals surface area contributed by atoms with Gasteiger partial charge in [0.05, 0.1) is 12.4 Å². The molecule has 0 atom stereocenters. The van der Waals surface area contributed by atoms with E-state index in [1.165, 1.54) is 0 Å². The largest absolute Gasteiger partial charge is 0.351 e. The molecule has 0 N–H and O–H groups in total. The van der Waals surface area contributed by atoms with Crippen LogP contribution in [-0.2, 0) is 7.05 Å². The van der Waals surface area contributed by atoms with Crippen LogP contribution in [0.4, 0.5) is 5.82 Å².